The third-order valence-corrected chi connectivity index (χ3v) is 6.42. The number of rotatable bonds is 7. The van der Waals surface area contributed by atoms with Crippen molar-refractivity contribution in [1.82, 2.24) is 9.13 Å². The summed E-state index contributed by atoms with van der Waals surface area (Å²) in [6.45, 7) is 3.01. The van der Waals surface area contributed by atoms with Crippen LogP contribution in [-0.4, -0.2) is 21.2 Å². The number of hydrogen-bond donors (Lipinski definition) is 1. The fourth-order valence-corrected chi connectivity index (χ4v) is 4.35. The van der Waals surface area contributed by atoms with Gasteiger partial charge >= 0.3 is 5.69 Å². The van der Waals surface area contributed by atoms with E-state index in [1.165, 1.54) is 29.9 Å². The Morgan fingerprint density at radius 3 is 2.21 bits per heavy atom. The van der Waals surface area contributed by atoms with Gasteiger partial charge in [-0.2, -0.15) is 0 Å². The molecule has 0 saturated carbocycles. The zero-order valence-electron chi connectivity index (χ0n) is 21.7. The molecule has 1 aromatic heterocycles. The second kappa shape index (κ2) is 13.0. The number of alkyl halides is 1. The van der Waals surface area contributed by atoms with E-state index >= 15 is 4.39 Å². The van der Waals surface area contributed by atoms with Gasteiger partial charge in [0.15, 0.2) is 11.6 Å². The van der Waals surface area contributed by atoms with Crippen LogP contribution >= 0.6 is 22.6 Å². The molecule has 0 aliphatic heterocycles. The monoisotopic (exact) mass is 633 g/mol. The highest BCUT2D eigenvalue weighted by Crippen LogP contribution is 2.29. The number of benzene rings is 3. The van der Waals surface area contributed by atoms with Gasteiger partial charge in [-0.3, -0.25) is 13.9 Å². The number of halogens is 3. The summed E-state index contributed by atoms with van der Waals surface area (Å²) in [6, 6.07) is 17.5. The number of nitrogens with zero attached hydrogens (tertiary/aromatic N) is 2. The Bertz CT molecular complexity index is 1510. The third-order valence-electron chi connectivity index (χ3n) is 6.42. The van der Waals surface area contributed by atoms with Crippen LogP contribution < -0.4 is 21.7 Å². The molecule has 0 spiro atoms. The van der Waals surface area contributed by atoms with E-state index < -0.39 is 28.9 Å². The van der Waals surface area contributed by atoms with Crippen molar-refractivity contribution in [3.05, 3.63) is 122 Å². The number of aromatic nitrogens is 2. The van der Waals surface area contributed by atoms with Crippen molar-refractivity contribution in [1.29, 1.82) is 0 Å². The molecule has 1 heterocycles. The highest BCUT2D eigenvalue weighted by atomic mass is 127. The van der Waals surface area contributed by atoms with E-state index in [-0.39, 0.29) is 35.7 Å². The SMILES string of the molecule is CI.COc1cccc(-c2c(C)n(Cc3c(C)cccc3F)c(=O)n(C[C@H](N)c3ccccc3)c2=O)c1F. The van der Waals surface area contributed by atoms with Gasteiger partial charge in [-0.05, 0) is 42.0 Å². The van der Waals surface area contributed by atoms with Crippen molar-refractivity contribution in [3.63, 3.8) is 0 Å². The minimum absolute atomic E-state index is 0.0137. The zero-order chi connectivity index (χ0) is 28.0. The lowest BCUT2D eigenvalue weighted by Gasteiger charge is -2.21. The fraction of sp³-hybridized carbons (Fsp3) is 0.241. The van der Waals surface area contributed by atoms with Gasteiger partial charge in [-0.25, -0.2) is 13.6 Å². The summed E-state index contributed by atoms with van der Waals surface area (Å²) in [4.78, 5) is 29.3. The van der Waals surface area contributed by atoms with E-state index in [0.29, 0.717) is 11.1 Å². The Morgan fingerprint density at radius 2 is 1.58 bits per heavy atom. The highest BCUT2D eigenvalue weighted by Gasteiger charge is 2.24. The van der Waals surface area contributed by atoms with E-state index in [2.05, 4.69) is 22.6 Å². The number of aryl methyl sites for hydroxylation is 1. The van der Waals surface area contributed by atoms with Crippen molar-refractivity contribution < 1.29 is 13.5 Å². The molecule has 2 N–H and O–H groups in total. The van der Waals surface area contributed by atoms with Gasteiger partial charge in [0.2, 0.25) is 0 Å². The molecule has 1 atom stereocenters. The van der Waals surface area contributed by atoms with Crippen LogP contribution in [0.5, 0.6) is 5.75 Å². The number of nitrogens with two attached hydrogens (primary N) is 1. The predicted molar refractivity (Wildman–Crippen MR) is 155 cm³/mol. The topological polar surface area (TPSA) is 79.2 Å². The van der Waals surface area contributed by atoms with Crippen LogP contribution in [0.2, 0.25) is 0 Å². The Hall–Kier alpha value is -3.31. The summed E-state index contributed by atoms with van der Waals surface area (Å²) in [6.07, 6.45) is 0. The minimum atomic E-state index is -0.730. The van der Waals surface area contributed by atoms with Gasteiger partial charge in [0.25, 0.3) is 5.56 Å². The summed E-state index contributed by atoms with van der Waals surface area (Å²) in [5.41, 5.74) is 6.88. The molecular weight excluding hydrogens is 603 g/mol. The maximum Gasteiger partial charge on any atom is 0.331 e. The molecule has 3 aromatic carbocycles. The van der Waals surface area contributed by atoms with Crippen LogP contribution in [0.3, 0.4) is 0 Å². The molecule has 0 unspecified atom stereocenters. The largest absolute Gasteiger partial charge is 0.494 e. The standard InChI is InChI=1S/C28H27F2N3O3.CH3I/c1-17-9-7-13-22(29)21(17)15-32-18(2)25(20-12-8-14-24(36-3)26(20)30)27(34)33(28(32)35)16-23(31)19-10-5-4-6-11-19;1-2/h4-14,23H,15-16,31H2,1-3H3;1H3/t23-;/m0./s1. The molecule has 0 saturated heterocycles. The summed E-state index contributed by atoms with van der Waals surface area (Å²) >= 11 is 2.15. The summed E-state index contributed by atoms with van der Waals surface area (Å²) < 4.78 is 37.4. The van der Waals surface area contributed by atoms with Crippen molar-refractivity contribution in [3.8, 4) is 16.9 Å². The van der Waals surface area contributed by atoms with Crippen LogP contribution in [0.4, 0.5) is 8.78 Å². The third kappa shape index (κ3) is 5.88. The first kappa shape index (κ1) is 29.2. The first-order valence-electron chi connectivity index (χ1n) is 11.8. The highest BCUT2D eigenvalue weighted by molar-refractivity contribution is 14.1. The first-order valence-corrected chi connectivity index (χ1v) is 14.0. The fourth-order valence-electron chi connectivity index (χ4n) is 4.35. The van der Waals surface area contributed by atoms with Crippen LogP contribution in [0.25, 0.3) is 11.1 Å². The Kier molecular flexibility index (Phi) is 9.98. The number of ether oxygens (including phenoxy) is 1. The first-order chi connectivity index (χ1) is 18.2. The predicted octanol–water partition coefficient (Wildman–Crippen LogP) is 5.38. The normalized spacial score (nSPS) is 11.5. The van der Waals surface area contributed by atoms with E-state index in [4.69, 9.17) is 10.5 Å². The van der Waals surface area contributed by atoms with Crippen LogP contribution in [0.1, 0.15) is 28.4 Å². The second-order valence-corrected chi connectivity index (χ2v) is 8.62. The van der Waals surface area contributed by atoms with Gasteiger partial charge in [-0.15, -0.1) is 0 Å². The van der Waals surface area contributed by atoms with Gasteiger partial charge < -0.3 is 10.5 Å². The van der Waals surface area contributed by atoms with Crippen molar-refractivity contribution in [2.75, 3.05) is 12.0 Å². The lowest BCUT2D eigenvalue weighted by atomic mass is 10.0. The van der Waals surface area contributed by atoms with E-state index in [1.807, 2.05) is 23.1 Å². The van der Waals surface area contributed by atoms with Gasteiger partial charge in [0, 0.05) is 22.9 Å². The van der Waals surface area contributed by atoms with Gasteiger partial charge in [-0.1, -0.05) is 77.2 Å². The van der Waals surface area contributed by atoms with Crippen molar-refractivity contribution >= 4 is 22.6 Å². The maximum absolute atomic E-state index is 15.3. The Balaban J connectivity index is 0.00000195. The average Bonchev–Trinajstić information content (AvgIpc) is 2.93. The summed E-state index contributed by atoms with van der Waals surface area (Å²) in [5, 5.41) is 0. The molecule has 0 aliphatic rings. The number of hydrogen-bond acceptors (Lipinski definition) is 4. The van der Waals surface area contributed by atoms with Crippen LogP contribution in [0, 0.1) is 25.5 Å². The van der Waals surface area contributed by atoms with E-state index in [9.17, 15) is 14.0 Å². The second-order valence-electron chi connectivity index (χ2n) is 8.62. The molecular formula is C29H30F2IN3O3. The van der Waals surface area contributed by atoms with E-state index in [0.717, 1.165) is 10.1 Å². The molecule has 38 heavy (non-hydrogen) atoms. The molecule has 4 aromatic rings. The summed E-state index contributed by atoms with van der Waals surface area (Å²) in [7, 11) is 1.33. The molecule has 0 fully saturated rings. The quantitative estimate of drug-likeness (QED) is 0.219. The molecule has 0 aliphatic carbocycles. The minimum Gasteiger partial charge on any atom is -0.494 e. The van der Waals surface area contributed by atoms with Gasteiger partial charge in [0.05, 0.1) is 25.8 Å². The lowest BCUT2D eigenvalue weighted by Crippen LogP contribution is -2.44. The lowest BCUT2D eigenvalue weighted by molar-refractivity contribution is 0.387. The Morgan fingerprint density at radius 1 is 0.921 bits per heavy atom. The Labute approximate surface area is 233 Å². The molecule has 0 radical (unpaired) electrons. The molecule has 0 bridgehead atoms. The van der Waals surface area contributed by atoms with Gasteiger partial charge in [0.1, 0.15) is 5.82 Å². The van der Waals surface area contributed by atoms with Crippen LogP contribution in [-0.2, 0) is 13.1 Å². The van der Waals surface area contributed by atoms with E-state index in [1.54, 1.807) is 44.2 Å². The molecule has 200 valence electrons. The molecule has 6 nitrogen and oxygen atoms in total. The average molecular weight is 633 g/mol. The number of methoxy groups -OCH3 is 1. The summed E-state index contributed by atoms with van der Waals surface area (Å²) in [5.74, 6) is -1.25. The maximum atomic E-state index is 15.3. The van der Waals surface area contributed by atoms with Crippen LogP contribution in [0.15, 0.2) is 76.3 Å². The molecule has 4 rings (SSSR count). The van der Waals surface area contributed by atoms with Crippen molar-refractivity contribution in [2.24, 2.45) is 5.73 Å². The smallest absolute Gasteiger partial charge is 0.331 e. The molecule has 9 heteroatoms. The van der Waals surface area contributed by atoms with Crippen molar-refractivity contribution in [2.45, 2.75) is 33.0 Å². The molecule has 0 amide bonds. The zero-order valence-corrected chi connectivity index (χ0v) is 23.8.